The van der Waals surface area contributed by atoms with Crippen molar-refractivity contribution in [1.82, 2.24) is 3.11 Å². The Bertz CT molecular complexity index is 293. The normalized spacial score (nSPS) is 18.6. The summed E-state index contributed by atoms with van der Waals surface area (Å²) in [5.41, 5.74) is 1.12. The molecule has 0 atom stereocenters. The Balaban J connectivity index is 2.05. The van der Waals surface area contributed by atoms with E-state index in [9.17, 15) is 4.39 Å². The molecule has 1 aromatic rings. The monoisotopic (exact) mass is 306 g/mol. The number of halogens is 2. The van der Waals surface area contributed by atoms with E-state index in [2.05, 4.69) is 30.9 Å². The van der Waals surface area contributed by atoms with Gasteiger partial charge in [-0.1, -0.05) is 0 Å². The van der Waals surface area contributed by atoms with E-state index in [1.54, 1.807) is 0 Å². The minimum Gasteiger partial charge on any atom is -0.369 e. The van der Waals surface area contributed by atoms with Gasteiger partial charge in [-0.05, 0) is 24.3 Å². The minimum atomic E-state index is -0.165. The van der Waals surface area contributed by atoms with Crippen LogP contribution in [-0.2, 0) is 0 Å². The van der Waals surface area contributed by atoms with E-state index in [1.165, 1.54) is 12.1 Å². The fraction of sp³-hybridized carbons (Fsp3) is 0.400. The Kier molecular flexibility index (Phi) is 3.22. The molecule has 2 nitrogen and oxygen atoms in total. The quantitative estimate of drug-likeness (QED) is 0.580. The van der Waals surface area contributed by atoms with Crippen LogP contribution in [-0.4, -0.2) is 29.3 Å². The van der Waals surface area contributed by atoms with E-state index < -0.39 is 0 Å². The van der Waals surface area contributed by atoms with Gasteiger partial charge in [0, 0.05) is 54.7 Å². The van der Waals surface area contributed by atoms with Gasteiger partial charge in [0.05, 0.1) is 0 Å². The largest absolute Gasteiger partial charge is 0.369 e. The van der Waals surface area contributed by atoms with Gasteiger partial charge >= 0.3 is 0 Å². The van der Waals surface area contributed by atoms with E-state index in [1.807, 2.05) is 12.1 Å². The number of anilines is 1. The van der Waals surface area contributed by atoms with Crippen molar-refractivity contribution < 1.29 is 4.39 Å². The highest BCUT2D eigenvalue weighted by atomic mass is 127. The lowest BCUT2D eigenvalue weighted by molar-refractivity contribution is 0.460. The van der Waals surface area contributed by atoms with Gasteiger partial charge in [-0.25, -0.2) is 7.50 Å². The Morgan fingerprint density at radius 1 is 1.00 bits per heavy atom. The second-order valence-electron chi connectivity index (χ2n) is 3.37. The van der Waals surface area contributed by atoms with Crippen LogP contribution in [0.5, 0.6) is 0 Å². The zero-order valence-electron chi connectivity index (χ0n) is 7.79. The maximum absolute atomic E-state index is 12.7. The molecule has 0 radical (unpaired) electrons. The van der Waals surface area contributed by atoms with Gasteiger partial charge in [0.2, 0.25) is 0 Å². The SMILES string of the molecule is Fc1ccc(N2CCN(I)CC2)cc1. The van der Waals surface area contributed by atoms with E-state index in [0.29, 0.717) is 0 Å². The third kappa shape index (κ3) is 2.36. The molecule has 0 saturated carbocycles. The molecular weight excluding hydrogens is 294 g/mol. The average Bonchev–Trinajstić information content (AvgIpc) is 2.21. The van der Waals surface area contributed by atoms with Gasteiger partial charge in [-0.3, -0.25) is 0 Å². The molecule has 1 heterocycles. The third-order valence-corrected chi connectivity index (χ3v) is 3.38. The first-order chi connectivity index (χ1) is 6.75. The van der Waals surface area contributed by atoms with Crippen LogP contribution in [0.15, 0.2) is 24.3 Å². The fourth-order valence-electron chi connectivity index (χ4n) is 1.59. The molecule has 1 aromatic carbocycles. The van der Waals surface area contributed by atoms with Gasteiger partial charge in [0.15, 0.2) is 0 Å². The topological polar surface area (TPSA) is 6.48 Å². The summed E-state index contributed by atoms with van der Waals surface area (Å²) in [4.78, 5) is 2.29. The van der Waals surface area contributed by atoms with Crippen LogP contribution in [0.25, 0.3) is 0 Å². The summed E-state index contributed by atoms with van der Waals surface area (Å²) in [5, 5.41) is 0. The summed E-state index contributed by atoms with van der Waals surface area (Å²) in [6, 6.07) is 6.73. The number of hydrogen-bond acceptors (Lipinski definition) is 2. The van der Waals surface area contributed by atoms with Crippen molar-refractivity contribution in [2.75, 3.05) is 31.1 Å². The standard InChI is InChI=1S/C10H12FIN2/c11-9-1-3-10(4-2-9)13-5-7-14(12)8-6-13/h1-4H,5-8H2. The second-order valence-corrected chi connectivity index (χ2v) is 4.74. The summed E-state index contributed by atoms with van der Waals surface area (Å²) in [6.07, 6.45) is 0. The number of piperazine rings is 1. The average molecular weight is 306 g/mol. The molecule has 1 saturated heterocycles. The van der Waals surface area contributed by atoms with Gasteiger partial charge in [-0.2, -0.15) is 0 Å². The first-order valence-corrected chi connectivity index (χ1v) is 5.63. The molecule has 0 spiro atoms. The maximum Gasteiger partial charge on any atom is 0.123 e. The van der Waals surface area contributed by atoms with Crippen molar-refractivity contribution in [2.24, 2.45) is 0 Å². The first kappa shape index (κ1) is 10.2. The van der Waals surface area contributed by atoms with Crippen molar-refractivity contribution in [1.29, 1.82) is 0 Å². The third-order valence-electron chi connectivity index (χ3n) is 2.42. The summed E-state index contributed by atoms with van der Waals surface area (Å²) >= 11 is 2.34. The van der Waals surface area contributed by atoms with Crippen LogP contribution in [0, 0.1) is 5.82 Å². The molecule has 0 bridgehead atoms. The van der Waals surface area contributed by atoms with Crippen molar-refractivity contribution in [3.05, 3.63) is 30.1 Å². The van der Waals surface area contributed by atoms with E-state index in [-0.39, 0.29) is 5.82 Å². The highest BCUT2D eigenvalue weighted by molar-refractivity contribution is 14.1. The lowest BCUT2D eigenvalue weighted by atomic mass is 10.2. The Morgan fingerprint density at radius 3 is 2.14 bits per heavy atom. The molecule has 0 aromatic heterocycles. The zero-order chi connectivity index (χ0) is 9.97. The molecule has 0 aliphatic carbocycles. The van der Waals surface area contributed by atoms with Crippen LogP contribution < -0.4 is 4.90 Å². The molecule has 1 aliphatic rings. The zero-order valence-corrected chi connectivity index (χ0v) is 9.95. The molecule has 1 fully saturated rings. The highest BCUT2D eigenvalue weighted by Crippen LogP contribution is 2.17. The summed E-state index contributed by atoms with van der Waals surface area (Å²) in [7, 11) is 0. The number of hydrogen-bond donors (Lipinski definition) is 0. The molecule has 2 rings (SSSR count). The fourth-order valence-corrected chi connectivity index (χ4v) is 2.02. The molecule has 4 heteroatoms. The molecule has 0 amide bonds. The molecule has 76 valence electrons. The van der Waals surface area contributed by atoms with E-state index in [4.69, 9.17) is 0 Å². The molecular formula is C10H12FIN2. The Hall–Kier alpha value is -0.360. The first-order valence-electron chi connectivity index (χ1n) is 4.67. The number of nitrogens with zero attached hydrogens (tertiary/aromatic N) is 2. The predicted octanol–water partition coefficient (Wildman–Crippen LogP) is 2.30. The Labute approximate surface area is 97.2 Å². The lowest BCUT2D eigenvalue weighted by Crippen LogP contribution is -2.42. The van der Waals surface area contributed by atoms with Crippen LogP contribution >= 0.6 is 22.9 Å². The van der Waals surface area contributed by atoms with Gasteiger partial charge < -0.3 is 4.90 Å². The number of benzene rings is 1. The van der Waals surface area contributed by atoms with Gasteiger partial charge in [0.25, 0.3) is 0 Å². The van der Waals surface area contributed by atoms with Crippen molar-refractivity contribution >= 4 is 28.6 Å². The molecule has 1 aliphatic heterocycles. The highest BCUT2D eigenvalue weighted by Gasteiger charge is 2.14. The molecule has 14 heavy (non-hydrogen) atoms. The van der Waals surface area contributed by atoms with E-state index in [0.717, 1.165) is 31.9 Å². The van der Waals surface area contributed by atoms with Crippen molar-refractivity contribution in [3.63, 3.8) is 0 Å². The van der Waals surface area contributed by atoms with Crippen LogP contribution in [0.2, 0.25) is 0 Å². The minimum absolute atomic E-state index is 0.165. The summed E-state index contributed by atoms with van der Waals surface area (Å²) in [6.45, 7) is 4.18. The summed E-state index contributed by atoms with van der Waals surface area (Å²) in [5.74, 6) is -0.165. The van der Waals surface area contributed by atoms with Crippen LogP contribution in [0.4, 0.5) is 10.1 Å². The lowest BCUT2D eigenvalue weighted by Gasteiger charge is -2.32. The summed E-state index contributed by atoms with van der Waals surface area (Å²) < 4.78 is 15.0. The number of rotatable bonds is 1. The van der Waals surface area contributed by atoms with Crippen molar-refractivity contribution in [3.8, 4) is 0 Å². The van der Waals surface area contributed by atoms with Crippen LogP contribution in [0.1, 0.15) is 0 Å². The molecule has 0 N–H and O–H groups in total. The molecule has 0 unspecified atom stereocenters. The van der Waals surface area contributed by atoms with Crippen molar-refractivity contribution in [2.45, 2.75) is 0 Å². The predicted molar refractivity (Wildman–Crippen MR) is 64.2 cm³/mol. The smallest absolute Gasteiger partial charge is 0.123 e. The second kappa shape index (κ2) is 4.44. The maximum atomic E-state index is 12.7. The Morgan fingerprint density at radius 2 is 1.57 bits per heavy atom. The van der Waals surface area contributed by atoms with Crippen LogP contribution in [0.3, 0.4) is 0 Å². The van der Waals surface area contributed by atoms with Gasteiger partial charge in [0.1, 0.15) is 5.82 Å². The van der Waals surface area contributed by atoms with Gasteiger partial charge in [-0.15, -0.1) is 0 Å². The van der Waals surface area contributed by atoms with E-state index >= 15 is 0 Å².